The highest BCUT2D eigenvalue weighted by molar-refractivity contribution is 6.30. The smallest absolute Gasteiger partial charge is 0.274 e. The van der Waals surface area contributed by atoms with Gasteiger partial charge in [-0.15, -0.1) is 0 Å². The zero-order valence-electron chi connectivity index (χ0n) is 13.7. The molecule has 5 nitrogen and oxygen atoms in total. The van der Waals surface area contributed by atoms with Crippen LogP contribution in [-0.2, 0) is 6.54 Å². The highest BCUT2D eigenvalue weighted by Gasteiger charge is 2.08. The summed E-state index contributed by atoms with van der Waals surface area (Å²) in [5.41, 5.74) is 3.24. The molecule has 0 saturated carbocycles. The molecular weight excluding hydrogens is 348 g/mol. The number of rotatable bonds is 5. The molecule has 6 heteroatoms. The Morgan fingerprint density at radius 3 is 2.58 bits per heavy atom. The van der Waals surface area contributed by atoms with Crippen LogP contribution in [0.1, 0.15) is 21.6 Å². The number of hydrogen-bond acceptors (Lipinski definition) is 4. The molecule has 1 heterocycles. The van der Waals surface area contributed by atoms with Crippen LogP contribution < -0.4 is 10.6 Å². The number of nitriles is 1. The summed E-state index contributed by atoms with van der Waals surface area (Å²) in [6, 6.07) is 19.8. The molecule has 0 unspecified atom stereocenters. The predicted octanol–water partition coefficient (Wildman–Crippen LogP) is 4.47. The van der Waals surface area contributed by atoms with Crippen molar-refractivity contribution in [1.82, 2.24) is 4.98 Å². The first kappa shape index (κ1) is 17.5. The number of pyridine rings is 1. The highest BCUT2D eigenvalue weighted by Crippen LogP contribution is 2.14. The Morgan fingerprint density at radius 1 is 1.08 bits per heavy atom. The number of aromatic nitrogens is 1. The number of carbonyl (C=O) groups excluding carboxylic acids is 1. The second kappa shape index (κ2) is 8.15. The molecular formula is C20H15ClN4O. The second-order valence-electron chi connectivity index (χ2n) is 5.56. The van der Waals surface area contributed by atoms with Crippen LogP contribution in [0, 0.1) is 11.3 Å². The van der Waals surface area contributed by atoms with Gasteiger partial charge >= 0.3 is 0 Å². The molecule has 2 aromatic carbocycles. The summed E-state index contributed by atoms with van der Waals surface area (Å²) < 4.78 is 0. The van der Waals surface area contributed by atoms with Gasteiger partial charge in [-0.05, 0) is 48.0 Å². The van der Waals surface area contributed by atoms with E-state index in [1.165, 1.54) is 0 Å². The minimum absolute atomic E-state index is 0.296. The quantitative estimate of drug-likeness (QED) is 0.701. The number of nitrogens with zero attached hydrogens (tertiary/aromatic N) is 2. The van der Waals surface area contributed by atoms with Crippen LogP contribution in [0.25, 0.3) is 0 Å². The Bertz CT molecular complexity index is 947. The van der Waals surface area contributed by atoms with Gasteiger partial charge in [0, 0.05) is 17.3 Å². The molecule has 1 amide bonds. The second-order valence-corrected chi connectivity index (χ2v) is 6.00. The first-order valence-electron chi connectivity index (χ1n) is 7.90. The summed E-state index contributed by atoms with van der Waals surface area (Å²) in [5.74, 6) is -0.329. The molecule has 0 spiro atoms. The Balaban J connectivity index is 1.60. The third-order valence-corrected chi connectivity index (χ3v) is 3.91. The molecule has 0 atom stereocenters. The molecule has 2 N–H and O–H groups in total. The van der Waals surface area contributed by atoms with Gasteiger partial charge in [-0.3, -0.25) is 4.79 Å². The van der Waals surface area contributed by atoms with E-state index in [0.717, 1.165) is 11.3 Å². The van der Waals surface area contributed by atoms with Crippen LogP contribution in [0.15, 0.2) is 66.9 Å². The van der Waals surface area contributed by atoms with E-state index in [-0.39, 0.29) is 5.91 Å². The van der Waals surface area contributed by atoms with E-state index in [9.17, 15) is 4.79 Å². The van der Waals surface area contributed by atoms with E-state index < -0.39 is 0 Å². The van der Waals surface area contributed by atoms with Gasteiger partial charge in [0.2, 0.25) is 0 Å². The van der Waals surface area contributed by atoms with Crippen LogP contribution in [0.4, 0.5) is 11.4 Å². The number of amides is 1. The minimum Gasteiger partial charge on any atom is -0.380 e. The van der Waals surface area contributed by atoms with E-state index in [1.54, 1.807) is 42.6 Å². The lowest BCUT2D eigenvalue weighted by Crippen LogP contribution is -2.13. The molecule has 0 aliphatic rings. The summed E-state index contributed by atoms with van der Waals surface area (Å²) in [6.07, 6.45) is 1.61. The van der Waals surface area contributed by atoms with Crippen molar-refractivity contribution in [1.29, 1.82) is 5.26 Å². The van der Waals surface area contributed by atoms with Crippen molar-refractivity contribution in [3.63, 3.8) is 0 Å². The van der Waals surface area contributed by atoms with Gasteiger partial charge in [-0.2, -0.15) is 5.26 Å². The van der Waals surface area contributed by atoms with Crippen LogP contribution in [-0.4, -0.2) is 10.9 Å². The molecule has 128 valence electrons. The normalized spacial score (nSPS) is 10.0. The zero-order valence-corrected chi connectivity index (χ0v) is 14.5. The topological polar surface area (TPSA) is 77.8 Å². The Morgan fingerprint density at radius 2 is 1.88 bits per heavy atom. The molecule has 0 aliphatic heterocycles. The Hall–Kier alpha value is -3.36. The van der Waals surface area contributed by atoms with Crippen molar-refractivity contribution in [2.75, 3.05) is 10.6 Å². The van der Waals surface area contributed by atoms with Crippen molar-refractivity contribution < 1.29 is 4.79 Å². The zero-order chi connectivity index (χ0) is 18.4. The lowest BCUT2D eigenvalue weighted by atomic mass is 10.2. The van der Waals surface area contributed by atoms with Crippen LogP contribution in [0.2, 0.25) is 5.02 Å². The fourth-order valence-corrected chi connectivity index (χ4v) is 2.43. The maximum Gasteiger partial charge on any atom is 0.274 e. The molecule has 0 radical (unpaired) electrons. The molecule has 0 saturated heterocycles. The molecule has 26 heavy (non-hydrogen) atoms. The van der Waals surface area contributed by atoms with Gasteiger partial charge in [0.15, 0.2) is 0 Å². The number of benzene rings is 2. The number of nitrogens with one attached hydrogen (secondary N) is 2. The van der Waals surface area contributed by atoms with Gasteiger partial charge in [0.1, 0.15) is 5.69 Å². The van der Waals surface area contributed by atoms with E-state index in [4.69, 9.17) is 16.9 Å². The predicted molar refractivity (Wildman–Crippen MR) is 102 cm³/mol. The summed E-state index contributed by atoms with van der Waals surface area (Å²) in [6.45, 7) is 0.630. The lowest BCUT2D eigenvalue weighted by Gasteiger charge is -2.08. The fraction of sp³-hybridized carbons (Fsp3) is 0.0500. The Kier molecular flexibility index (Phi) is 5.47. The molecule has 0 bridgehead atoms. The van der Waals surface area contributed by atoms with Gasteiger partial charge in [0.05, 0.1) is 23.5 Å². The van der Waals surface area contributed by atoms with Gasteiger partial charge < -0.3 is 10.6 Å². The summed E-state index contributed by atoms with van der Waals surface area (Å²) in [4.78, 5) is 16.4. The fourth-order valence-electron chi connectivity index (χ4n) is 2.30. The number of hydrogen-bond donors (Lipinski definition) is 2. The first-order chi connectivity index (χ1) is 12.6. The van der Waals surface area contributed by atoms with E-state index in [2.05, 4.69) is 15.6 Å². The average Bonchev–Trinajstić information content (AvgIpc) is 2.68. The van der Waals surface area contributed by atoms with E-state index in [1.807, 2.05) is 30.3 Å². The van der Waals surface area contributed by atoms with E-state index >= 15 is 0 Å². The maximum absolute atomic E-state index is 12.2. The monoisotopic (exact) mass is 362 g/mol. The largest absolute Gasteiger partial charge is 0.380 e. The number of carbonyl (C=O) groups is 1. The third-order valence-electron chi connectivity index (χ3n) is 3.66. The van der Waals surface area contributed by atoms with Crippen molar-refractivity contribution in [2.24, 2.45) is 0 Å². The maximum atomic E-state index is 12.2. The molecule has 3 aromatic rings. The lowest BCUT2D eigenvalue weighted by molar-refractivity contribution is 0.102. The van der Waals surface area contributed by atoms with E-state index in [0.29, 0.717) is 28.5 Å². The standard InChI is InChI=1S/C20H15ClN4O/c21-16-6-4-14(5-7-16)12-23-18-8-9-19(24-13-18)20(26)25-17-3-1-2-15(10-17)11-22/h1-10,13,23H,12H2,(H,25,26). The highest BCUT2D eigenvalue weighted by atomic mass is 35.5. The van der Waals surface area contributed by atoms with Gasteiger partial charge in [-0.25, -0.2) is 4.98 Å². The summed E-state index contributed by atoms with van der Waals surface area (Å²) >= 11 is 5.87. The molecule has 1 aromatic heterocycles. The number of halogens is 1. The summed E-state index contributed by atoms with van der Waals surface area (Å²) in [5, 5.41) is 15.6. The SMILES string of the molecule is N#Cc1cccc(NC(=O)c2ccc(NCc3ccc(Cl)cc3)cn2)c1. The average molecular weight is 363 g/mol. The molecule has 3 rings (SSSR count). The van der Waals surface area contributed by atoms with Crippen molar-refractivity contribution in [3.05, 3.63) is 88.7 Å². The number of anilines is 2. The first-order valence-corrected chi connectivity index (χ1v) is 8.28. The van der Waals surface area contributed by atoms with Crippen molar-refractivity contribution in [2.45, 2.75) is 6.54 Å². The van der Waals surface area contributed by atoms with Crippen molar-refractivity contribution in [3.8, 4) is 6.07 Å². The Labute approximate surface area is 156 Å². The van der Waals surface area contributed by atoms with Crippen molar-refractivity contribution >= 4 is 28.9 Å². The minimum atomic E-state index is -0.329. The third kappa shape index (κ3) is 4.59. The van der Waals surface area contributed by atoms with Crippen LogP contribution in [0.5, 0.6) is 0 Å². The van der Waals surface area contributed by atoms with Crippen LogP contribution >= 0.6 is 11.6 Å². The van der Waals surface area contributed by atoms with Crippen LogP contribution in [0.3, 0.4) is 0 Å². The van der Waals surface area contributed by atoms with Gasteiger partial charge in [-0.1, -0.05) is 29.8 Å². The summed E-state index contributed by atoms with van der Waals surface area (Å²) in [7, 11) is 0. The van der Waals surface area contributed by atoms with Gasteiger partial charge in [0.25, 0.3) is 5.91 Å². The molecule has 0 aliphatic carbocycles. The molecule has 0 fully saturated rings.